The van der Waals surface area contributed by atoms with E-state index >= 15 is 0 Å². The Morgan fingerprint density at radius 3 is 2.81 bits per heavy atom. The molecular weight excluding hydrogens is 593 g/mol. The fraction of sp³-hybridized carbons (Fsp3) is 0.333. The van der Waals surface area contributed by atoms with Gasteiger partial charge in [0.1, 0.15) is 5.00 Å². The van der Waals surface area contributed by atoms with Crippen LogP contribution in [0, 0.1) is 5.92 Å². The van der Waals surface area contributed by atoms with Gasteiger partial charge in [-0.1, -0.05) is 13.0 Å². The lowest BCUT2D eigenvalue weighted by molar-refractivity contribution is -0.142. The molecule has 0 saturated carbocycles. The Morgan fingerprint density at radius 2 is 2.14 bits per heavy atom. The second kappa shape index (κ2) is 9.84. The summed E-state index contributed by atoms with van der Waals surface area (Å²) in [4.78, 5) is 32.0. The van der Waals surface area contributed by atoms with Crippen molar-refractivity contribution in [1.82, 2.24) is 14.6 Å². The monoisotopic (exact) mass is 612 g/mol. The summed E-state index contributed by atoms with van der Waals surface area (Å²) in [6, 6.07) is 4.29. The maximum absolute atomic E-state index is 14.0. The van der Waals surface area contributed by atoms with Crippen molar-refractivity contribution < 1.29 is 27.5 Å². The number of ether oxygens (including phenoxy) is 1. The van der Waals surface area contributed by atoms with Crippen LogP contribution in [0.15, 0.2) is 28.1 Å². The average molecular weight is 613 g/mol. The van der Waals surface area contributed by atoms with Gasteiger partial charge in [-0.15, -0.1) is 22.7 Å². The molecular formula is C24H20BrF3N4O3S2. The Kier molecular flexibility index (Phi) is 6.88. The van der Waals surface area contributed by atoms with Crippen molar-refractivity contribution in [3.63, 3.8) is 0 Å². The molecule has 1 amide bonds. The van der Waals surface area contributed by atoms with E-state index in [0.29, 0.717) is 32.3 Å². The van der Waals surface area contributed by atoms with Crippen molar-refractivity contribution in [3.8, 4) is 10.6 Å². The number of hydrogen-bond acceptors (Lipinski definition) is 7. The van der Waals surface area contributed by atoms with Crippen molar-refractivity contribution in [1.29, 1.82) is 0 Å². The Labute approximate surface area is 225 Å². The van der Waals surface area contributed by atoms with Crippen LogP contribution in [-0.4, -0.2) is 33.1 Å². The molecule has 5 rings (SSSR count). The lowest BCUT2D eigenvalue weighted by Gasteiger charge is -2.18. The van der Waals surface area contributed by atoms with E-state index in [4.69, 9.17) is 4.74 Å². The molecule has 7 nitrogen and oxygen atoms in total. The van der Waals surface area contributed by atoms with E-state index in [-0.39, 0.29) is 28.1 Å². The van der Waals surface area contributed by atoms with E-state index in [0.717, 1.165) is 29.3 Å². The van der Waals surface area contributed by atoms with Crippen LogP contribution in [-0.2, 0) is 23.8 Å². The van der Waals surface area contributed by atoms with Gasteiger partial charge in [-0.05, 0) is 71.1 Å². The molecule has 0 aromatic carbocycles. The average Bonchev–Trinajstić information content (AvgIpc) is 3.55. The minimum atomic E-state index is -4.74. The van der Waals surface area contributed by atoms with Crippen molar-refractivity contribution in [2.24, 2.45) is 5.92 Å². The summed E-state index contributed by atoms with van der Waals surface area (Å²) in [6.45, 7) is 3.98. The smallest absolute Gasteiger partial charge is 0.433 e. The molecule has 1 atom stereocenters. The van der Waals surface area contributed by atoms with Gasteiger partial charge in [0.2, 0.25) is 0 Å². The number of carbonyl (C=O) groups excluding carboxylic acids is 2. The number of nitrogens with zero attached hydrogens (tertiary/aromatic N) is 3. The molecule has 4 aromatic heterocycles. The van der Waals surface area contributed by atoms with E-state index in [1.165, 1.54) is 22.7 Å². The third kappa shape index (κ3) is 4.79. The molecule has 1 N–H and O–H groups in total. The summed E-state index contributed by atoms with van der Waals surface area (Å²) in [7, 11) is 0. The quantitative estimate of drug-likeness (QED) is 0.249. The molecule has 0 radical (unpaired) electrons. The minimum absolute atomic E-state index is 0.0153. The number of nitrogens with one attached hydrogen (secondary N) is 1. The lowest BCUT2D eigenvalue weighted by atomic mass is 9.88. The third-order valence-electron chi connectivity index (χ3n) is 6.03. The summed E-state index contributed by atoms with van der Waals surface area (Å²) in [5.74, 6) is -0.873. The zero-order chi connectivity index (χ0) is 26.5. The molecule has 194 valence electrons. The number of amides is 1. The highest BCUT2D eigenvalue weighted by Crippen LogP contribution is 2.41. The van der Waals surface area contributed by atoms with Crippen LogP contribution in [0.2, 0.25) is 0 Å². The molecule has 4 heterocycles. The number of anilines is 1. The van der Waals surface area contributed by atoms with Gasteiger partial charge in [0, 0.05) is 4.88 Å². The molecule has 0 unspecified atom stereocenters. The van der Waals surface area contributed by atoms with Gasteiger partial charge in [-0.3, -0.25) is 4.79 Å². The van der Waals surface area contributed by atoms with Gasteiger partial charge in [0.25, 0.3) is 5.91 Å². The van der Waals surface area contributed by atoms with Crippen molar-refractivity contribution in [2.45, 2.75) is 39.3 Å². The second-order valence-electron chi connectivity index (χ2n) is 8.63. The first-order valence-corrected chi connectivity index (χ1v) is 13.9. The maximum Gasteiger partial charge on any atom is 0.433 e. The maximum atomic E-state index is 14.0. The molecule has 1 aliphatic rings. The van der Waals surface area contributed by atoms with E-state index in [1.807, 2.05) is 0 Å². The van der Waals surface area contributed by atoms with Crippen LogP contribution in [0.1, 0.15) is 57.2 Å². The molecule has 0 fully saturated rings. The highest BCUT2D eigenvalue weighted by atomic mass is 79.9. The first-order chi connectivity index (χ1) is 17.6. The van der Waals surface area contributed by atoms with Crippen molar-refractivity contribution in [3.05, 3.63) is 55.4 Å². The first-order valence-electron chi connectivity index (χ1n) is 11.4. The molecule has 0 bridgehead atoms. The minimum Gasteiger partial charge on any atom is -0.462 e. The SMILES string of the molecule is CCOC(=O)c1c(NC(=O)c2nn3c(C(F)(F)F)cc(-c4cccs4)nc3c2Br)sc2c1CC[C@H](C)C2. The summed E-state index contributed by atoms with van der Waals surface area (Å²) in [6.07, 6.45) is -2.39. The number of alkyl halides is 3. The van der Waals surface area contributed by atoms with E-state index in [1.54, 1.807) is 24.4 Å². The molecule has 0 spiro atoms. The summed E-state index contributed by atoms with van der Waals surface area (Å²) < 4.78 is 47.7. The number of thiophene rings is 2. The normalized spacial score (nSPS) is 15.6. The number of hydrogen-bond donors (Lipinski definition) is 1. The Bertz CT molecular complexity index is 1510. The van der Waals surface area contributed by atoms with Crippen molar-refractivity contribution in [2.75, 3.05) is 11.9 Å². The van der Waals surface area contributed by atoms with Crippen LogP contribution in [0.4, 0.5) is 18.2 Å². The van der Waals surface area contributed by atoms with Gasteiger partial charge in [0.15, 0.2) is 17.0 Å². The first kappa shape index (κ1) is 25.9. The standard InChI is InChI=1S/C24H20BrF3N4O3S2/c1-3-35-23(34)17-12-7-6-11(2)9-15(12)37-22(17)30-21(33)19-18(25)20-29-13(14-5-4-8-36-14)10-16(24(26,27)28)32(20)31-19/h4-5,8,10-11H,3,6-7,9H2,1-2H3,(H,30,33)/t11-/m0/s1. The van der Waals surface area contributed by atoms with Crippen LogP contribution >= 0.6 is 38.6 Å². The molecule has 13 heteroatoms. The Balaban J connectivity index is 1.58. The highest BCUT2D eigenvalue weighted by Gasteiger charge is 2.37. The van der Waals surface area contributed by atoms with Crippen molar-refractivity contribution >= 4 is 61.1 Å². The number of fused-ring (bicyclic) bond motifs is 2. The molecule has 1 aliphatic carbocycles. The predicted octanol–water partition coefficient (Wildman–Crippen LogP) is 6.85. The topological polar surface area (TPSA) is 85.6 Å². The van der Waals surface area contributed by atoms with Gasteiger partial charge in [0.05, 0.1) is 27.2 Å². The molecule has 4 aromatic rings. The Hall–Kier alpha value is -2.77. The van der Waals surface area contributed by atoms with E-state index in [9.17, 15) is 22.8 Å². The van der Waals surface area contributed by atoms with E-state index < -0.39 is 23.7 Å². The summed E-state index contributed by atoms with van der Waals surface area (Å²) in [5, 5.41) is 8.71. The molecule has 37 heavy (non-hydrogen) atoms. The van der Waals surface area contributed by atoms with Gasteiger partial charge in [-0.2, -0.15) is 18.3 Å². The summed E-state index contributed by atoms with van der Waals surface area (Å²) >= 11 is 5.78. The lowest BCUT2D eigenvalue weighted by Crippen LogP contribution is -2.18. The zero-order valence-electron chi connectivity index (χ0n) is 19.6. The fourth-order valence-electron chi connectivity index (χ4n) is 4.31. The van der Waals surface area contributed by atoms with Gasteiger partial charge < -0.3 is 10.1 Å². The second-order valence-corrected chi connectivity index (χ2v) is 11.5. The Morgan fingerprint density at radius 1 is 1.35 bits per heavy atom. The van der Waals surface area contributed by atoms with Crippen LogP contribution in [0.3, 0.4) is 0 Å². The van der Waals surface area contributed by atoms with Gasteiger partial charge >= 0.3 is 12.1 Å². The van der Waals surface area contributed by atoms with E-state index in [2.05, 4.69) is 38.3 Å². The van der Waals surface area contributed by atoms with Crippen LogP contribution < -0.4 is 5.32 Å². The van der Waals surface area contributed by atoms with Gasteiger partial charge in [-0.25, -0.2) is 14.3 Å². The largest absolute Gasteiger partial charge is 0.462 e. The van der Waals surface area contributed by atoms with Crippen LogP contribution in [0.5, 0.6) is 0 Å². The summed E-state index contributed by atoms with van der Waals surface area (Å²) in [5.41, 5.74) is -0.215. The molecule has 0 aliphatic heterocycles. The number of halogens is 4. The fourth-order valence-corrected chi connectivity index (χ4v) is 6.91. The zero-order valence-corrected chi connectivity index (χ0v) is 22.8. The molecule has 0 saturated heterocycles. The number of aromatic nitrogens is 3. The number of carbonyl (C=O) groups is 2. The highest BCUT2D eigenvalue weighted by molar-refractivity contribution is 9.10. The van der Waals surface area contributed by atoms with Crippen LogP contribution in [0.25, 0.3) is 16.2 Å². The number of rotatable bonds is 5. The number of esters is 1. The third-order valence-corrected chi connectivity index (χ3v) is 8.82. The predicted molar refractivity (Wildman–Crippen MR) is 138 cm³/mol.